The number of hydrogen-bond donors (Lipinski definition) is 1. The summed E-state index contributed by atoms with van der Waals surface area (Å²) in [6.07, 6.45) is 10.7. The van der Waals surface area contributed by atoms with Gasteiger partial charge in [0.2, 0.25) is 0 Å². The van der Waals surface area contributed by atoms with E-state index in [1.54, 1.807) is 6.92 Å². The Balaban J connectivity index is 1.95. The molecule has 0 saturated carbocycles. The van der Waals surface area contributed by atoms with Gasteiger partial charge in [0.25, 0.3) is 5.91 Å². The minimum Gasteiger partial charge on any atom is -0.462 e. The van der Waals surface area contributed by atoms with E-state index in [1.807, 2.05) is 0 Å². The Hall–Kier alpha value is -2.28. The first kappa shape index (κ1) is 17.5. The van der Waals surface area contributed by atoms with Gasteiger partial charge in [0.15, 0.2) is 0 Å². The van der Waals surface area contributed by atoms with Crippen molar-refractivity contribution in [3.63, 3.8) is 0 Å². The number of nitrogens with one attached hydrogen (secondary N) is 1. The van der Waals surface area contributed by atoms with Crippen molar-refractivity contribution in [2.24, 2.45) is 0 Å². The zero-order valence-electron chi connectivity index (χ0n) is 14.2. The van der Waals surface area contributed by atoms with Crippen molar-refractivity contribution >= 4 is 28.2 Å². The van der Waals surface area contributed by atoms with Crippen LogP contribution in [0.5, 0.6) is 0 Å². The fourth-order valence-electron chi connectivity index (χ4n) is 3.01. The number of aryl methyl sites for hydroxylation is 1. The Morgan fingerprint density at radius 1 is 1.20 bits per heavy atom. The zero-order valence-corrected chi connectivity index (χ0v) is 15.0. The number of carbonyl (C=O) groups is 2. The second-order valence-electron chi connectivity index (χ2n) is 5.89. The van der Waals surface area contributed by atoms with Crippen molar-refractivity contribution in [2.75, 3.05) is 11.9 Å². The third kappa shape index (κ3) is 4.04. The summed E-state index contributed by atoms with van der Waals surface area (Å²) in [6, 6.07) is 0. The van der Waals surface area contributed by atoms with Crippen molar-refractivity contribution in [2.45, 2.75) is 45.4 Å². The van der Waals surface area contributed by atoms with Crippen molar-refractivity contribution in [1.82, 2.24) is 9.97 Å². The summed E-state index contributed by atoms with van der Waals surface area (Å²) in [6.45, 7) is 2.09. The summed E-state index contributed by atoms with van der Waals surface area (Å²) in [5, 5.41) is 3.40. The molecule has 0 bridgehead atoms. The smallest absolute Gasteiger partial charge is 0.341 e. The van der Waals surface area contributed by atoms with E-state index < -0.39 is 0 Å². The van der Waals surface area contributed by atoms with Crippen molar-refractivity contribution < 1.29 is 14.3 Å². The first-order valence-electron chi connectivity index (χ1n) is 8.59. The molecule has 1 amide bonds. The summed E-state index contributed by atoms with van der Waals surface area (Å²) >= 11 is 1.48. The fourth-order valence-corrected chi connectivity index (χ4v) is 4.28. The summed E-state index contributed by atoms with van der Waals surface area (Å²) in [5.41, 5.74) is 1.77. The van der Waals surface area contributed by atoms with Crippen molar-refractivity contribution in [3.05, 3.63) is 40.3 Å². The van der Waals surface area contributed by atoms with Crippen molar-refractivity contribution in [3.8, 4) is 0 Å². The first-order chi connectivity index (χ1) is 12.2. The molecule has 1 aliphatic carbocycles. The van der Waals surface area contributed by atoms with Gasteiger partial charge >= 0.3 is 5.97 Å². The number of carbonyl (C=O) groups excluding carboxylic acids is 2. The molecule has 1 N–H and O–H groups in total. The number of amides is 1. The molecule has 0 radical (unpaired) electrons. The SMILES string of the molecule is CCOC(=O)c1c(NC(=O)c2cnccn2)sc2c1CCCCCC2. The minimum atomic E-state index is -0.368. The lowest BCUT2D eigenvalue weighted by Gasteiger charge is -2.11. The normalized spacial score (nSPS) is 14.1. The number of thiophene rings is 1. The second-order valence-corrected chi connectivity index (χ2v) is 6.99. The van der Waals surface area contributed by atoms with Gasteiger partial charge in [0, 0.05) is 17.3 Å². The molecule has 3 rings (SSSR count). The van der Waals surface area contributed by atoms with Crippen LogP contribution in [0.2, 0.25) is 0 Å². The van der Waals surface area contributed by atoms with Gasteiger partial charge in [-0.3, -0.25) is 9.78 Å². The Labute approximate surface area is 150 Å². The Morgan fingerprint density at radius 3 is 2.72 bits per heavy atom. The van der Waals surface area contributed by atoms with E-state index >= 15 is 0 Å². The monoisotopic (exact) mass is 359 g/mol. The van der Waals surface area contributed by atoms with Crippen LogP contribution in [0.15, 0.2) is 18.6 Å². The quantitative estimate of drug-likeness (QED) is 0.843. The highest BCUT2D eigenvalue weighted by Gasteiger charge is 2.26. The highest BCUT2D eigenvalue weighted by Crippen LogP contribution is 2.37. The number of fused-ring (bicyclic) bond motifs is 1. The van der Waals surface area contributed by atoms with Gasteiger partial charge in [-0.05, 0) is 38.2 Å². The van der Waals surface area contributed by atoms with E-state index in [9.17, 15) is 9.59 Å². The molecule has 0 aromatic carbocycles. The average Bonchev–Trinajstić information content (AvgIpc) is 2.92. The molecule has 0 unspecified atom stereocenters. The molecule has 0 aliphatic heterocycles. The maximum atomic E-state index is 12.5. The van der Waals surface area contributed by atoms with Gasteiger partial charge in [0.05, 0.1) is 18.4 Å². The molecule has 2 aromatic rings. The van der Waals surface area contributed by atoms with E-state index in [0.29, 0.717) is 17.2 Å². The lowest BCUT2D eigenvalue weighted by Crippen LogP contribution is -2.16. The standard InChI is InChI=1S/C18H21N3O3S/c1-2-24-18(23)15-12-7-5-3-4-6-8-14(12)25-17(15)21-16(22)13-11-19-9-10-20-13/h9-11H,2-8H2,1H3,(H,21,22). The highest BCUT2D eigenvalue weighted by molar-refractivity contribution is 7.17. The molecule has 7 heteroatoms. The topological polar surface area (TPSA) is 81.2 Å². The third-order valence-electron chi connectivity index (χ3n) is 4.17. The number of aromatic nitrogens is 2. The number of esters is 1. The van der Waals surface area contributed by atoms with Gasteiger partial charge in [-0.1, -0.05) is 12.8 Å². The molecule has 0 saturated heterocycles. The number of rotatable bonds is 4. The summed E-state index contributed by atoms with van der Waals surface area (Å²) in [7, 11) is 0. The van der Waals surface area contributed by atoms with Crippen LogP contribution in [0.4, 0.5) is 5.00 Å². The van der Waals surface area contributed by atoms with Gasteiger partial charge in [-0.25, -0.2) is 9.78 Å². The van der Waals surface area contributed by atoms with Gasteiger partial charge in [-0.2, -0.15) is 0 Å². The molecule has 132 valence electrons. The van der Waals surface area contributed by atoms with Crippen LogP contribution in [-0.2, 0) is 17.6 Å². The largest absolute Gasteiger partial charge is 0.462 e. The zero-order chi connectivity index (χ0) is 17.6. The number of anilines is 1. The van der Waals surface area contributed by atoms with Gasteiger partial charge in [0.1, 0.15) is 10.7 Å². The number of nitrogens with zero attached hydrogens (tertiary/aromatic N) is 2. The number of hydrogen-bond acceptors (Lipinski definition) is 6. The molecule has 2 aromatic heterocycles. The van der Waals surface area contributed by atoms with E-state index in [-0.39, 0.29) is 17.6 Å². The van der Waals surface area contributed by atoms with Crippen LogP contribution in [0.3, 0.4) is 0 Å². The lowest BCUT2D eigenvalue weighted by atomic mass is 9.96. The molecular formula is C18H21N3O3S. The second kappa shape index (κ2) is 8.20. The van der Waals surface area contributed by atoms with Crippen LogP contribution >= 0.6 is 11.3 Å². The maximum Gasteiger partial charge on any atom is 0.341 e. The van der Waals surface area contributed by atoms with Crippen LogP contribution < -0.4 is 5.32 Å². The highest BCUT2D eigenvalue weighted by atomic mass is 32.1. The lowest BCUT2D eigenvalue weighted by molar-refractivity contribution is 0.0526. The fraction of sp³-hybridized carbons (Fsp3) is 0.444. The first-order valence-corrected chi connectivity index (χ1v) is 9.41. The molecule has 1 aliphatic rings. The van der Waals surface area contributed by atoms with Crippen LogP contribution in [0.1, 0.15) is 63.9 Å². The maximum absolute atomic E-state index is 12.5. The summed E-state index contributed by atoms with van der Waals surface area (Å²) in [5.74, 6) is -0.733. The molecule has 0 fully saturated rings. The third-order valence-corrected chi connectivity index (χ3v) is 5.38. The number of ether oxygens (including phenoxy) is 1. The van der Waals surface area contributed by atoms with E-state index in [4.69, 9.17) is 4.74 Å². The minimum absolute atomic E-state index is 0.220. The molecule has 2 heterocycles. The molecule has 25 heavy (non-hydrogen) atoms. The van der Waals surface area contributed by atoms with Gasteiger partial charge < -0.3 is 10.1 Å². The summed E-state index contributed by atoms with van der Waals surface area (Å²) in [4.78, 5) is 34.1. The van der Waals surface area contributed by atoms with Crippen LogP contribution in [0, 0.1) is 0 Å². The van der Waals surface area contributed by atoms with E-state index in [2.05, 4.69) is 15.3 Å². The molecule has 0 atom stereocenters. The van der Waals surface area contributed by atoms with E-state index in [1.165, 1.54) is 47.6 Å². The molecule has 0 spiro atoms. The predicted molar refractivity (Wildman–Crippen MR) is 96.1 cm³/mol. The van der Waals surface area contributed by atoms with Crippen LogP contribution in [-0.4, -0.2) is 28.5 Å². The molecule has 6 nitrogen and oxygen atoms in total. The average molecular weight is 359 g/mol. The Morgan fingerprint density at radius 2 is 2.00 bits per heavy atom. The Bertz CT molecular complexity index is 758. The van der Waals surface area contributed by atoms with Crippen molar-refractivity contribution in [1.29, 1.82) is 0 Å². The predicted octanol–water partition coefficient (Wildman–Crippen LogP) is 3.63. The molecular weight excluding hydrogens is 338 g/mol. The summed E-state index contributed by atoms with van der Waals surface area (Å²) < 4.78 is 5.24. The Kier molecular flexibility index (Phi) is 5.75. The van der Waals surface area contributed by atoms with Crippen LogP contribution in [0.25, 0.3) is 0 Å². The van der Waals surface area contributed by atoms with E-state index in [0.717, 1.165) is 31.2 Å². The van der Waals surface area contributed by atoms with Gasteiger partial charge in [-0.15, -0.1) is 11.3 Å².